The van der Waals surface area contributed by atoms with Crippen LogP contribution in [0.1, 0.15) is 25.7 Å². The molecule has 1 saturated heterocycles. The molecule has 1 atom stereocenters. The smallest absolute Gasteiger partial charge is 0.247 e. The van der Waals surface area contributed by atoms with Crippen LogP contribution in [0.4, 0.5) is 5.69 Å². The molecule has 0 bridgehead atoms. The Morgan fingerprint density at radius 2 is 1.83 bits per heavy atom. The number of ether oxygens (including phenoxy) is 2. The van der Waals surface area contributed by atoms with Gasteiger partial charge in [0.15, 0.2) is 11.5 Å². The van der Waals surface area contributed by atoms with Crippen LogP contribution in [0.5, 0.6) is 11.5 Å². The number of nitrogens with zero attached hydrogens (tertiary/aromatic N) is 1. The molecule has 0 spiro atoms. The molecule has 2 heterocycles. The minimum atomic E-state index is -0.377. The standard InChI is InChI=1S/C17H19BrN2O4/c18-11-8-14-15(24-7-6-23-14)9-12(11)19-16(21)13-2-1-5-20(13)17(22)10-3-4-10/h8-10,13H,1-7H2,(H,19,21). The Balaban J connectivity index is 1.50. The first kappa shape index (κ1) is 15.7. The van der Waals surface area contributed by atoms with Crippen molar-refractivity contribution in [1.29, 1.82) is 0 Å². The molecule has 128 valence electrons. The first-order valence-electron chi connectivity index (χ1n) is 8.34. The van der Waals surface area contributed by atoms with Gasteiger partial charge in [0.05, 0.1) is 5.69 Å². The van der Waals surface area contributed by atoms with E-state index in [9.17, 15) is 9.59 Å². The second-order valence-corrected chi connectivity index (χ2v) is 7.28. The van der Waals surface area contributed by atoms with Crippen molar-refractivity contribution in [3.8, 4) is 11.5 Å². The molecule has 2 amide bonds. The number of rotatable bonds is 3. The maximum atomic E-state index is 12.7. The fourth-order valence-corrected chi connectivity index (χ4v) is 3.67. The number of carbonyl (C=O) groups is 2. The summed E-state index contributed by atoms with van der Waals surface area (Å²) >= 11 is 3.46. The highest BCUT2D eigenvalue weighted by atomic mass is 79.9. The summed E-state index contributed by atoms with van der Waals surface area (Å²) in [5, 5.41) is 2.93. The van der Waals surface area contributed by atoms with Crippen LogP contribution in [0, 0.1) is 5.92 Å². The molecule has 4 rings (SSSR count). The quantitative estimate of drug-likeness (QED) is 0.855. The van der Waals surface area contributed by atoms with E-state index in [1.165, 1.54) is 0 Å². The zero-order chi connectivity index (χ0) is 16.7. The number of amides is 2. The number of anilines is 1. The van der Waals surface area contributed by atoms with Gasteiger partial charge in [-0.05, 0) is 41.6 Å². The van der Waals surface area contributed by atoms with E-state index in [1.807, 2.05) is 0 Å². The third-order valence-corrected chi connectivity index (χ3v) is 5.31. The fourth-order valence-electron chi connectivity index (χ4n) is 3.24. The van der Waals surface area contributed by atoms with Crippen LogP contribution in [0.2, 0.25) is 0 Å². The van der Waals surface area contributed by atoms with Crippen molar-refractivity contribution in [3.05, 3.63) is 16.6 Å². The molecule has 2 aliphatic heterocycles. The van der Waals surface area contributed by atoms with Gasteiger partial charge < -0.3 is 19.7 Å². The first-order chi connectivity index (χ1) is 11.6. The molecule has 7 heteroatoms. The molecule has 1 aromatic rings. The Bertz CT molecular complexity index is 689. The summed E-state index contributed by atoms with van der Waals surface area (Å²) in [5.74, 6) is 1.42. The number of fused-ring (bicyclic) bond motifs is 1. The predicted octanol–water partition coefficient (Wildman–Crippen LogP) is 2.56. The van der Waals surface area contributed by atoms with Crippen LogP contribution >= 0.6 is 15.9 Å². The van der Waals surface area contributed by atoms with E-state index in [0.29, 0.717) is 43.4 Å². The monoisotopic (exact) mass is 394 g/mol. The van der Waals surface area contributed by atoms with E-state index in [-0.39, 0.29) is 23.8 Å². The molecule has 1 unspecified atom stereocenters. The minimum absolute atomic E-state index is 0.133. The van der Waals surface area contributed by atoms with Gasteiger partial charge in [0.1, 0.15) is 19.3 Å². The molecular formula is C17H19BrN2O4. The maximum Gasteiger partial charge on any atom is 0.247 e. The van der Waals surface area contributed by atoms with E-state index >= 15 is 0 Å². The van der Waals surface area contributed by atoms with E-state index in [0.717, 1.165) is 23.7 Å². The maximum absolute atomic E-state index is 12.7. The third-order valence-electron chi connectivity index (χ3n) is 4.65. The van der Waals surface area contributed by atoms with E-state index in [1.54, 1.807) is 17.0 Å². The number of hydrogen-bond donors (Lipinski definition) is 1. The van der Waals surface area contributed by atoms with Gasteiger partial charge in [0.2, 0.25) is 11.8 Å². The Morgan fingerprint density at radius 3 is 2.54 bits per heavy atom. The molecular weight excluding hydrogens is 376 g/mol. The SMILES string of the molecule is O=C(Nc1cc2c(cc1Br)OCCO2)C1CCCN1C(=O)C1CC1. The lowest BCUT2D eigenvalue weighted by Gasteiger charge is -2.25. The minimum Gasteiger partial charge on any atom is -0.486 e. The zero-order valence-electron chi connectivity index (χ0n) is 13.2. The van der Waals surface area contributed by atoms with Crippen LogP contribution in [0.15, 0.2) is 16.6 Å². The molecule has 24 heavy (non-hydrogen) atoms. The number of halogens is 1. The Hall–Kier alpha value is -1.76. The van der Waals surface area contributed by atoms with Crippen LogP contribution in [-0.2, 0) is 9.59 Å². The van der Waals surface area contributed by atoms with Crippen LogP contribution < -0.4 is 14.8 Å². The lowest BCUT2D eigenvalue weighted by molar-refractivity contribution is -0.137. The fraction of sp³-hybridized carbons (Fsp3) is 0.529. The lowest BCUT2D eigenvalue weighted by atomic mass is 10.2. The molecule has 0 aromatic heterocycles. The summed E-state index contributed by atoms with van der Waals surface area (Å²) in [6, 6.07) is 3.18. The van der Waals surface area contributed by atoms with Gasteiger partial charge in [0.25, 0.3) is 0 Å². The number of likely N-dealkylation sites (tertiary alicyclic amines) is 1. The second kappa shape index (κ2) is 6.27. The van der Waals surface area contributed by atoms with Crippen molar-refractivity contribution in [2.75, 3.05) is 25.1 Å². The summed E-state index contributed by atoms with van der Waals surface area (Å²) in [4.78, 5) is 26.8. The molecule has 0 radical (unpaired) electrons. The third kappa shape index (κ3) is 2.97. The van der Waals surface area contributed by atoms with Gasteiger partial charge in [-0.1, -0.05) is 0 Å². The summed E-state index contributed by atoms with van der Waals surface area (Å²) < 4.78 is 11.8. The van der Waals surface area contributed by atoms with Crippen molar-refractivity contribution in [2.45, 2.75) is 31.7 Å². The number of carbonyl (C=O) groups excluding carboxylic acids is 2. The molecule has 1 N–H and O–H groups in total. The summed E-state index contributed by atoms with van der Waals surface area (Å²) in [7, 11) is 0. The van der Waals surface area contributed by atoms with E-state index < -0.39 is 0 Å². The zero-order valence-corrected chi connectivity index (χ0v) is 14.8. The predicted molar refractivity (Wildman–Crippen MR) is 91.2 cm³/mol. The largest absolute Gasteiger partial charge is 0.486 e. The van der Waals surface area contributed by atoms with Crippen LogP contribution in [-0.4, -0.2) is 42.5 Å². The lowest BCUT2D eigenvalue weighted by Crippen LogP contribution is -2.43. The number of nitrogens with one attached hydrogen (secondary N) is 1. The van der Waals surface area contributed by atoms with Crippen molar-refractivity contribution in [1.82, 2.24) is 4.90 Å². The van der Waals surface area contributed by atoms with Crippen molar-refractivity contribution < 1.29 is 19.1 Å². The van der Waals surface area contributed by atoms with E-state index in [2.05, 4.69) is 21.2 Å². The molecule has 6 nitrogen and oxygen atoms in total. The van der Waals surface area contributed by atoms with Crippen molar-refractivity contribution >= 4 is 33.4 Å². The Kier molecular flexibility index (Phi) is 4.12. The summed E-state index contributed by atoms with van der Waals surface area (Å²) in [6.45, 7) is 1.69. The molecule has 2 fully saturated rings. The summed E-state index contributed by atoms with van der Waals surface area (Å²) in [6.07, 6.45) is 3.50. The van der Waals surface area contributed by atoms with Gasteiger partial charge >= 0.3 is 0 Å². The highest BCUT2D eigenvalue weighted by molar-refractivity contribution is 9.10. The van der Waals surface area contributed by atoms with Crippen molar-refractivity contribution in [3.63, 3.8) is 0 Å². The topological polar surface area (TPSA) is 67.9 Å². The highest BCUT2D eigenvalue weighted by Gasteiger charge is 2.41. The average Bonchev–Trinajstić information content (AvgIpc) is 3.31. The Labute approximate surface area is 148 Å². The van der Waals surface area contributed by atoms with Crippen LogP contribution in [0.3, 0.4) is 0 Å². The molecule has 3 aliphatic rings. The van der Waals surface area contributed by atoms with Crippen LogP contribution in [0.25, 0.3) is 0 Å². The molecule has 1 aliphatic carbocycles. The van der Waals surface area contributed by atoms with Gasteiger partial charge in [0, 0.05) is 29.1 Å². The second-order valence-electron chi connectivity index (χ2n) is 6.43. The molecule has 1 saturated carbocycles. The average molecular weight is 395 g/mol. The number of benzene rings is 1. The normalized spacial score (nSPS) is 22.4. The summed E-state index contributed by atoms with van der Waals surface area (Å²) in [5.41, 5.74) is 0.634. The Morgan fingerprint density at radius 1 is 1.12 bits per heavy atom. The van der Waals surface area contributed by atoms with Gasteiger partial charge in [-0.15, -0.1) is 0 Å². The highest BCUT2D eigenvalue weighted by Crippen LogP contribution is 2.39. The number of hydrogen-bond acceptors (Lipinski definition) is 4. The van der Waals surface area contributed by atoms with Gasteiger partial charge in [-0.25, -0.2) is 0 Å². The molecule has 1 aromatic carbocycles. The van der Waals surface area contributed by atoms with Gasteiger partial charge in [-0.3, -0.25) is 9.59 Å². The first-order valence-corrected chi connectivity index (χ1v) is 9.13. The van der Waals surface area contributed by atoms with Gasteiger partial charge in [-0.2, -0.15) is 0 Å². The van der Waals surface area contributed by atoms with E-state index in [4.69, 9.17) is 9.47 Å². The van der Waals surface area contributed by atoms with Crippen molar-refractivity contribution in [2.24, 2.45) is 5.92 Å².